The zero-order valence-corrected chi connectivity index (χ0v) is 12.2. The number of aromatic nitrogens is 2. The molecule has 0 aromatic carbocycles. The largest absolute Gasteiger partial charge is 0.385 e. The summed E-state index contributed by atoms with van der Waals surface area (Å²) in [6.07, 6.45) is 3.30. The first-order valence-corrected chi connectivity index (χ1v) is 6.96. The molecule has 0 radical (unpaired) electrons. The molecule has 1 heterocycles. The number of nitrogens with zero attached hydrogens (tertiary/aromatic N) is 2. The van der Waals surface area contributed by atoms with Gasteiger partial charge < -0.3 is 10.1 Å². The minimum Gasteiger partial charge on any atom is -0.385 e. The molecule has 1 aromatic rings. The molecule has 0 bridgehead atoms. The second-order valence-electron chi connectivity index (χ2n) is 4.69. The number of ether oxygens (including phenoxy) is 1. The van der Waals surface area contributed by atoms with Crippen molar-refractivity contribution >= 4 is 0 Å². The Kier molecular flexibility index (Phi) is 6.98. The molecule has 0 amide bonds. The van der Waals surface area contributed by atoms with E-state index in [0.29, 0.717) is 6.04 Å². The molecule has 1 aromatic heterocycles. The molecule has 0 saturated heterocycles. The first kappa shape index (κ1) is 15.2. The van der Waals surface area contributed by atoms with Crippen molar-refractivity contribution in [3.8, 4) is 0 Å². The molecule has 0 fully saturated rings. The molecule has 0 aliphatic heterocycles. The molecule has 0 spiro atoms. The Balaban J connectivity index is 2.57. The number of hydrogen-bond donors (Lipinski definition) is 1. The van der Waals surface area contributed by atoms with Crippen molar-refractivity contribution in [2.75, 3.05) is 20.3 Å². The van der Waals surface area contributed by atoms with Gasteiger partial charge >= 0.3 is 0 Å². The maximum absolute atomic E-state index is 5.12. The summed E-state index contributed by atoms with van der Waals surface area (Å²) in [6, 6.07) is 2.72. The lowest BCUT2D eigenvalue weighted by Gasteiger charge is -2.18. The fourth-order valence-electron chi connectivity index (χ4n) is 2.33. The Hall–Kier alpha value is -0.870. The van der Waals surface area contributed by atoms with E-state index in [0.717, 1.165) is 44.7 Å². The topological polar surface area (TPSA) is 39.1 Å². The minimum atomic E-state index is 0.520. The third kappa shape index (κ3) is 4.78. The van der Waals surface area contributed by atoms with Gasteiger partial charge in [0.25, 0.3) is 0 Å². The molecule has 1 atom stereocenters. The van der Waals surface area contributed by atoms with Gasteiger partial charge in [0.15, 0.2) is 0 Å². The molecular weight excluding hydrogens is 226 g/mol. The Bertz CT molecular complexity index is 336. The zero-order chi connectivity index (χ0) is 13.4. The third-order valence-corrected chi connectivity index (χ3v) is 3.13. The summed E-state index contributed by atoms with van der Waals surface area (Å²) in [7, 11) is 1.76. The molecule has 0 aliphatic rings. The Morgan fingerprint density at radius 1 is 1.44 bits per heavy atom. The summed E-state index contributed by atoms with van der Waals surface area (Å²) in [5.74, 6) is 0. The number of nitrogens with one attached hydrogen (secondary N) is 1. The second-order valence-corrected chi connectivity index (χ2v) is 4.69. The number of rotatable bonds is 9. The van der Waals surface area contributed by atoms with Gasteiger partial charge in [0.1, 0.15) is 0 Å². The molecule has 4 heteroatoms. The lowest BCUT2D eigenvalue weighted by Crippen LogP contribution is -2.32. The van der Waals surface area contributed by atoms with Crippen LogP contribution in [0.25, 0.3) is 0 Å². The van der Waals surface area contributed by atoms with Crippen LogP contribution in [0, 0.1) is 6.92 Å². The van der Waals surface area contributed by atoms with Crippen LogP contribution >= 0.6 is 0 Å². The highest BCUT2D eigenvalue weighted by Crippen LogP contribution is 2.10. The van der Waals surface area contributed by atoms with Crippen molar-refractivity contribution in [3.05, 3.63) is 17.5 Å². The van der Waals surface area contributed by atoms with E-state index < -0.39 is 0 Å². The van der Waals surface area contributed by atoms with Crippen LogP contribution in [0.3, 0.4) is 0 Å². The zero-order valence-electron chi connectivity index (χ0n) is 12.2. The van der Waals surface area contributed by atoms with Crippen LogP contribution in [0.15, 0.2) is 6.07 Å². The fraction of sp³-hybridized carbons (Fsp3) is 0.786. The summed E-state index contributed by atoms with van der Waals surface area (Å²) in [5.41, 5.74) is 2.44. The van der Waals surface area contributed by atoms with E-state index in [1.165, 1.54) is 5.69 Å². The van der Waals surface area contributed by atoms with Gasteiger partial charge in [-0.15, -0.1) is 0 Å². The predicted octanol–water partition coefficient (Wildman–Crippen LogP) is 2.16. The molecule has 0 saturated carbocycles. The molecule has 4 nitrogen and oxygen atoms in total. The number of likely N-dealkylation sites (N-methyl/N-ethyl adjacent to an activating group) is 1. The Morgan fingerprint density at radius 2 is 2.22 bits per heavy atom. The molecule has 1 rings (SSSR count). The maximum atomic E-state index is 5.12. The fourth-order valence-corrected chi connectivity index (χ4v) is 2.33. The van der Waals surface area contributed by atoms with E-state index >= 15 is 0 Å². The van der Waals surface area contributed by atoms with Crippen molar-refractivity contribution in [2.24, 2.45) is 0 Å². The van der Waals surface area contributed by atoms with Crippen molar-refractivity contribution < 1.29 is 4.74 Å². The molecule has 1 N–H and O–H groups in total. The summed E-state index contributed by atoms with van der Waals surface area (Å²) < 4.78 is 7.23. The quantitative estimate of drug-likeness (QED) is 0.685. The lowest BCUT2D eigenvalue weighted by molar-refractivity contribution is 0.188. The Morgan fingerprint density at radius 3 is 2.83 bits per heavy atom. The van der Waals surface area contributed by atoms with E-state index in [4.69, 9.17) is 4.74 Å². The van der Waals surface area contributed by atoms with Crippen molar-refractivity contribution in [2.45, 2.75) is 52.6 Å². The third-order valence-electron chi connectivity index (χ3n) is 3.13. The van der Waals surface area contributed by atoms with Gasteiger partial charge in [0, 0.05) is 38.4 Å². The number of aryl methyl sites for hydroxylation is 2. The van der Waals surface area contributed by atoms with E-state index in [9.17, 15) is 0 Å². The summed E-state index contributed by atoms with van der Waals surface area (Å²) in [5, 5.41) is 8.06. The summed E-state index contributed by atoms with van der Waals surface area (Å²) in [6.45, 7) is 9.16. The first-order chi connectivity index (χ1) is 8.71. The monoisotopic (exact) mass is 253 g/mol. The van der Waals surface area contributed by atoms with Gasteiger partial charge in [0.05, 0.1) is 5.69 Å². The lowest BCUT2D eigenvalue weighted by atomic mass is 10.1. The highest BCUT2D eigenvalue weighted by molar-refractivity contribution is 5.10. The molecule has 0 aliphatic carbocycles. The summed E-state index contributed by atoms with van der Waals surface area (Å²) in [4.78, 5) is 0. The average Bonchev–Trinajstić information content (AvgIpc) is 2.70. The van der Waals surface area contributed by atoms with Crippen molar-refractivity contribution in [3.63, 3.8) is 0 Å². The van der Waals surface area contributed by atoms with E-state index in [2.05, 4.69) is 41.9 Å². The van der Waals surface area contributed by atoms with Crippen molar-refractivity contribution in [1.82, 2.24) is 15.1 Å². The van der Waals surface area contributed by atoms with Gasteiger partial charge in [-0.2, -0.15) is 5.10 Å². The van der Waals surface area contributed by atoms with Crippen LogP contribution in [-0.2, 0) is 17.7 Å². The van der Waals surface area contributed by atoms with E-state index in [1.54, 1.807) is 7.11 Å². The smallest absolute Gasteiger partial charge is 0.0596 e. The molecule has 104 valence electrons. The van der Waals surface area contributed by atoms with Crippen LogP contribution < -0.4 is 5.32 Å². The molecule has 1 unspecified atom stereocenters. The summed E-state index contributed by atoms with van der Waals surface area (Å²) >= 11 is 0. The van der Waals surface area contributed by atoms with Crippen LogP contribution in [0.5, 0.6) is 0 Å². The SMILES string of the molecule is CCNC(CCCOC)Cc1cc(C)nn1CC. The van der Waals surface area contributed by atoms with Gasteiger partial charge in [0.2, 0.25) is 0 Å². The maximum Gasteiger partial charge on any atom is 0.0596 e. The van der Waals surface area contributed by atoms with E-state index in [1.807, 2.05) is 0 Å². The minimum absolute atomic E-state index is 0.520. The number of methoxy groups -OCH3 is 1. The van der Waals surface area contributed by atoms with Crippen molar-refractivity contribution in [1.29, 1.82) is 0 Å². The van der Waals surface area contributed by atoms with E-state index in [-0.39, 0.29) is 0 Å². The van der Waals surface area contributed by atoms with Gasteiger partial charge in [-0.3, -0.25) is 4.68 Å². The molecule has 18 heavy (non-hydrogen) atoms. The standard InChI is InChI=1S/C14H27N3O/c1-5-15-13(8-7-9-18-4)11-14-10-12(3)16-17(14)6-2/h10,13,15H,5-9,11H2,1-4H3. The Labute approximate surface area is 111 Å². The highest BCUT2D eigenvalue weighted by Gasteiger charge is 2.12. The first-order valence-electron chi connectivity index (χ1n) is 6.96. The van der Waals surface area contributed by atoms with Crippen LogP contribution in [0.2, 0.25) is 0 Å². The normalized spacial score (nSPS) is 12.9. The molecular formula is C14H27N3O. The second kappa shape index (κ2) is 8.27. The van der Waals surface area contributed by atoms with Gasteiger partial charge in [-0.05, 0) is 39.3 Å². The van der Waals surface area contributed by atoms with Crippen LogP contribution in [0.1, 0.15) is 38.1 Å². The average molecular weight is 253 g/mol. The predicted molar refractivity (Wildman–Crippen MR) is 74.9 cm³/mol. The van der Waals surface area contributed by atoms with Crippen LogP contribution in [-0.4, -0.2) is 36.1 Å². The van der Waals surface area contributed by atoms with Crippen LogP contribution in [0.4, 0.5) is 0 Å². The van der Waals surface area contributed by atoms with Gasteiger partial charge in [-0.25, -0.2) is 0 Å². The number of hydrogen-bond acceptors (Lipinski definition) is 3. The van der Waals surface area contributed by atoms with Gasteiger partial charge in [-0.1, -0.05) is 6.92 Å². The highest BCUT2D eigenvalue weighted by atomic mass is 16.5.